The molecule has 0 atom stereocenters. The summed E-state index contributed by atoms with van der Waals surface area (Å²) in [6.07, 6.45) is 1.40. The van der Waals surface area contributed by atoms with E-state index >= 15 is 0 Å². The lowest BCUT2D eigenvalue weighted by Crippen LogP contribution is -2.39. The highest BCUT2D eigenvalue weighted by Gasteiger charge is 2.27. The Balaban J connectivity index is 1.72. The van der Waals surface area contributed by atoms with E-state index < -0.39 is 28.4 Å². The summed E-state index contributed by atoms with van der Waals surface area (Å²) in [5, 5.41) is 3.90. The molecule has 0 aliphatic carbocycles. The Morgan fingerprint density at radius 3 is 2.38 bits per heavy atom. The number of nitrogens with one attached hydrogen (secondary N) is 1. The van der Waals surface area contributed by atoms with Crippen LogP contribution in [0.2, 0.25) is 0 Å². The standard InChI is InChI=1S/C24H24N4O5S/c1-18-6-5-7-20(14-18)28(34(31,32)22-8-3-2-4-9-22)16-24(30)27-26-15-19-10-12-21(13-11-19)33-17-23(25)29/h2-15H,16-17H2,1H3,(H2,25,29)(H,27,30)/b26-15-. The predicted molar refractivity (Wildman–Crippen MR) is 129 cm³/mol. The molecular formula is C24H24N4O5S. The molecule has 3 N–H and O–H groups in total. The summed E-state index contributed by atoms with van der Waals surface area (Å²) < 4.78 is 32.8. The predicted octanol–water partition coefficient (Wildman–Crippen LogP) is 2.20. The van der Waals surface area contributed by atoms with Crippen molar-refractivity contribution in [2.75, 3.05) is 17.5 Å². The van der Waals surface area contributed by atoms with Crippen molar-refractivity contribution in [1.29, 1.82) is 0 Å². The summed E-state index contributed by atoms with van der Waals surface area (Å²) >= 11 is 0. The molecule has 0 aliphatic rings. The molecule has 0 aromatic heterocycles. The second-order valence-electron chi connectivity index (χ2n) is 7.28. The molecule has 0 spiro atoms. The van der Waals surface area contributed by atoms with Crippen molar-refractivity contribution in [3.05, 3.63) is 90.0 Å². The molecule has 3 aromatic rings. The van der Waals surface area contributed by atoms with Crippen molar-refractivity contribution >= 4 is 33.7 Å². The number of aryl methyl sites for hydroxylation is 1. The van der Waals surface area contributed by atoms with Gasteiger partial charge in [-0.15, -0.1) is 0 Å². The Bertz CT molecular complexity index is 1280. The smallest absolute Gasteiger partial charge is 0.264 e. The van der Waals surface area contributed by atoms with E-state index in [0.717, 1.165) is 9.87 Å². The molecule has 0 radical (unpaired) electrons. The molecule has 9 nitrogen and oxygen atoms in total. The van der Waals surface area contributed by atoms with Gasteiger partial charge in [-0.2, -0.15) is 5.10 Å². The van der Waals surface area contributed by atoms with Crippen molar-refractivity contribution in [3.8, 4) is 5.75 Å². The molecule has 3 aromatic carbocycles. The van der Waals surface area contributed by atoms with E-state index in [0.29, 0.717) is 17.0 Å². The van der Waals surface area contributed by atoms with Crippen molar-refractivity contribution in [2.24, 2.45) is 10.8 Å². The number of nitrogens with zero attached hydrogens (tertiary/aromatic N) is 2. The minimum atomic E-state index is -3.99. The van der Waals surface area contributed by atoms with E-state index in [9.17, 15) is 18.0 Å². The van der Waals surface area contributed by atoms with Crippen molar-refractivity contribution in [3.63, 3.8) is 0 Å². The summed E-state index contributed by atoms with van der Waals surface area (Å²) in [5.74, 6) is -0.735. The quantitative estimate of drug-likeness (QED) is 0.339. The van der Waals surface area contributed by atoms with Crippen molar-refractivity contribution < 1.29 is 22.7 Å². The van der Waals surface area contributed by atoms with Crippen LogP contribution in [-0.4, -0.2) is 39.6 Å². The molecule has 0 saturated carbocycles. The number of nitrogens with two attached hydrogens (primary N) is 1. The number of hydrogen-bond donors (Lipinski definition) is 2. The molecule has 10 heteroatoms. The van der Waals surface area contributed by atoms with E-state index in [1.807, 2.05) is 13.0 Å². The molecule has 2 amide bonds. The maximum Gasteiger partial charge on any atom is 0.264 e. The number of anilines is 1. The van der Waals surface area contributed by atoms with E-state index in [4.69, 9.17) is 10.5 Å². The van der Waals surface area contributed by atoms with Gasteiger partial charge in [-0.25, -0.2) is 13.8 Å². The van der Waals surface area contributed by atoms with E-state index in [1.54, 1.807) is 60.7 Å². The Kier molecular flexibility index (Phi) is 7.99. The fourth-order valence-corrected chi connectivity index (χ4v) is 4.40. The molecule has 0 bridgehead atoms. The monoisotopic (exact) mass is 480 g/mol. The van der Waals surface area contributed by atoms with Crippen LogP contribution in [0.1, 0.15) is 11.1 Å². The van der Waals surface area contributed by atoms with Gasteiger partial charge in [0.05, 0.1) is 16.8 Å². The summed E-state index contributed by atoms with van der Waals surface area (Å²) in [4.78, 5) is 23.4. The van der Waals surface area contributed by atoms with Gasteiger partial charge in [-0.1, -0.05) is 30.3 Å². The van der Waals surface area contributed by atoms with Gasteiger partial charge >= 0.3 is 0 Å². The lowest BCUT2D eigenvalue weighted by Gasteiger charge is -2.24. The Morgan fingerprint density at radius 2 is 1.74 bits per heavy atom. The van der Waals surface area contributed by atoms with Crippen LogP contribution in [0.15, 0.2) is 88.9 Å². The van der Waals surface area contributed by atoms with E-state index in [2.05, 4.69) is 10.5 Å². The molecule has 176 valence electrons. The zero-order valence-electron chi connectivity index (χ0n) is 18.4. The molecule has 0 fully saturated rings. The number of carbonyl (C=O) groups excluding carboxylic acids is 2. The number of hydrogen-bond acceptors (Lipinski definition) is 6. The van der Waals surface area contributed by atoms with Gasteiger partial charge in [0.2, 0.25) is 0 Å². The second kappa shape index (κ2) is 11.1. The summed E-state index contributed by atoms with van der Waals surface area (Å²) in [7, 11) is -3.99. The fraction of sp³-hybridized carbons (Fsp3) is 0.125. The number of sulfonamides is 1. The zero-order valence-corrected chi connectivity index (χ0v) is 19.2. The average molecular weight is 481 g/mol. The number of benzene rings is 3. The minimum absolute atomic E-state index is 0.0754. The third-order valence-electron chi connectivity index (χ3n) is 4.57. The van der Waals surface area contributed by atoms with Crippen LogP contribution in [0.25, 0.3) is 0 Å². The number of ether oxygens (including phenoxy) is 1. The summed E-state index contributed by atoms with van der Waals surface area (Å²) in [6.45, 7) is 1.15. The average Bonchev–Trinajstić information content (AvgIpc) is 2.82. The topological polar surface area (TPSA) is 131 Å². The highest BCUT2D eigenvalue weighted by Crippen LogP contribution is 2.24. The first kappa shape index (κ1) is 24.5. The lowest BCUT2D eigenvalue weighted by molar-refractivity contribution is -0.120. The first-order chi connectivity index (χ1) is 16.3. The lowest BCUT2D eigenvalue weighted by atomic mass is 10.2. The van der Waals surface area contributed by atoms with Crippen LogP contribution in [-0.2, 0) is 19.6 Å². The first-order valence-electron chi connectivity index (χ1n) is 10.2. The van der Waals surface area contributed by atoms with E-state index in [1.165, 1.54) is 18.3 Å². The molecule has 3 rings (SSSR count). The zero-order chi connectivity index (χ0) is 24.6. The van der Waals surface area contributed by atoms with Crippen LogP contribution in [0.5, 0.6) is 5.75 Å². The number of primary amides is 1. The van der Waals surface area contributed by atoms with Crippen LogP contribution in [0.3, 0.4) is 0 Å². The van der Waals surface area contributed by atoms with Gasteiger partial charge in [-0.3, -0.25) is 13.9 Å². The van der Waals surface area contributed by atoms with Gasteiger partial charge < -0.3 is 10.5 Å². The third-order valence-corrected chi connectivity index (χ3v) is 6.36. The van der Waals surface area contributed by atoms with Gasteiger partial charge in [0.1, 0.15) is 12.3 Å². The molecule has 0 unspecified atom stereocenters. The first-order valence-corrected chi connectivity index (χ1v) is 11.7. The molecule has 0 saturated heterocycles. The van der Waals surface area contributed by atoms with E-state index in [-0.39, 0.29) is 11.5 Å². The Labute approximate surface area is 197 Å². The van der Waals surface area contributed by atoms with Crippen molar-refractivity contribution in [1.82, 2.24) is 5.43 Å². The summed E-state index contributed by atoms with van der Waals surface area (Å²) in [6, 6.07) is 21.4. The normalized spacial score (nSPS) is 11.2. The van der Waals surface area contributed by atoms with Crippen LogP contribution in [0, 0.1) is 6.92 Å². The van der Waals surface area contributed by atoms with Crippen LogP contribution >= 0.6 is 0 Å². The maximum absolute atomic E-state index is 13.3. The largest absolute Gasteiger partial charge is 0.484 e. The highest BCUT2D eigenvalue weighted by atomic mass is 32.2. The molecule has 0 aliphatic heterocycles. The van der Waals surface area contributed by atoms with Gasteiger partial charge in [0.25, 0.3) is 21.8 Å². The Hall–Kier alpha value is -4.18. The second-order valence-corrected chi connectivity index (χ2v) is 9.14. The number of rotatable bonds is 10. The maximum atomic E-state index is 13.3. The van der Waals surface area contributed by atoms with Crippen molar-refractivity contribution in [2.45, 2.75) is 11.8 Å². The SMILES string of the molecule is Cc1cccc(N(CC(=O)N/N=C\c2ccc(OCC(N)=O)cc2)S(=O)(=O)c2ccccc2)c1. The summed E-state index contributed by atoms with van der Waals surface area (Å²) in [5.41, 5.74) is 9.27. The Morgan fingerprint density at radius 1 is 1.03 bits per heavy atom. The number of carbonyl (C=O) groups is 2. The highest BCUT2D eigenvalue weighted by molar-refractivity contribution is 7.92. The van der Waals surface area contributed by atoms with Crippen LogP contribution < -0.4 is 20.2 Å². The molecular weight excluding hydrogens is 456 g/mol. The van der Waals surface area contributed by atoms with Gasteiger partial charge in [-0.05, 0) is 66.6 Å². The van der Waals surface area contributed by atoms with Gasteiger partial charge in [0, 0.05) is 0 Å². The third kappa shape index (κ3) is 6.66. The number of hydrazone groups is 1. The molecule has 34 heavy (non-hydrogen) atoms. The minimum Gasteiger partial charge on any atom is -0.484 e. The van der Waals surface area contributed by atoms with Gasteiger partial charge in [0.15, 0.2) is 6.61 Å². The van der Waals surface area contributed by atoms with Crippen LogP contribution in [0.4, 0.5) is 5.69 Å². The molecule has 0 heterocycles. The number of amides is 2. The fourth-order valence-electron chi connectivity index (χ4n) is 2.97.